The standard InChI is InChI=1S/C18H28N2/c1-13(2)17-11-19-18(4,15-8-6-5-7-9-15)12-20(17)16-10-14(16)3/h5-9,13-14,16-17,19H,10-12H2,1-4H3. The largest absolute Gasteiger partial charge is 0.305 e. The van der Waals surface area contributed by atoms with Crippen LogP contribution < -0.4 is 5.32 Å². The summed E-state index contributed by atoms with van der Waals surface area (Å²) in [4.78, 5) is 2.79. The molecule has 3 rings (SSSR count). The van der Waals surface area contributed by atoms with Crippen LogP contribution in [-0.2, 0) is 5.54 Å². The molecule has 4 atom stereocenters. The quantitative estimate of drug-likeness (QED) is 0.909. The number of rotatable bonds is 3. The third-order valence-corrected chi connectivity index (χ3v) is 5.30. The van der Waals surface area contributed by atoms with Gasteiger partial charge in [0.05, 0.1) is 5.54 Å². The molecule has 1 N–H and O–H groups in total. The molecule has 2 heteroatoms. The fourth-order valence-electron chi connectivity index (χ4n) is 3.73. The van der Waals surface area contributed by atoms with Crippen LogP contribution in [0.4, 0.5) is 0 Å². The molecule has 1 aromatic rings. The molecular formula is C18H28N2. The lowest BCUT2D eigenvalue weighted by Gasteiger charge is -2.48. The minimum absolute atomic E-state index is 0.0922. The fraction of sp³-hybridized carbons (Fsp3) is 0.667. The maximum absolute atomic E-state index is 3.83. The average Bonchev–Trinajstić information content (AvgIpc) is 3.16. The second-order valence-electron chi connectivity index (χ2n) is 7.34. The number of nitrogens with zero attached hydrogens (tertiary/aromatic N) is 1. The fourth-order valence-corrected chi connectivity index (χ4v) is 3.73. The molecule has 0 radical (unpaired) electrons. The number of piperazine rings is 1. The molecule has 0 aromatic heterocycles. The first-order valence-corrected chi connectivity index (χ1v) is 8.07. The van der Waals surface area contributed by atoms with Crippen molar-refractivity contribution < 1.29 is 0 Å². The molecule has 1 aliphatic carbocycles. The Hall–Kier alpha value is -0.860. The molecule has 1 aliphatic heterocycles. The van der Waals surface area contributed by atoms with E-state index in [0.29, 0.717) is 6.04 Å². The van der Waals surface area contributed by atoms with Crippen LogP contribution in [0.1, 0.15) is 39.7 Å². The molecule has 1 aromatic carbocycles. The van der Waals surface area contributed by atoms with Gasteiger partial charge in [0, 0.05) is 25.2 Å². The van der Waals surface area contributed by atoms with Crippen LogP contribution in [0.5, 0.6) is 0 Å². The Morgan fingerprint density at radius 2 is 1.90 bits per heavy atom. The lowest BCUT2D eigenvalue weighted by atomic mass is 9.86. The normalized spacial score (nSPS) is 38.1. The summed E-state index contributed by atoms with van der Waals surface area (Å²) in [6, 6.07) is 12.4. The van der Waals surface area contributed by atoms with Gasteiger partial charge in [-0.2, -0.15) is 0 Å². The van der Waals surface area contributed by atoms with Crippen molar-refractivity contribution in [1.82, 2.24) is 10.2 Å². The highest BCUT2D eigenvalue weighted by molar-refractivity contribution is 5.25. The van der Waals surface area contributed by atoms with E-state index in [4.69, 9.17) is 0 Å². The van der Waals surface area contributed by atoms with Crippen LogP contribution >= 0.6 is 0 Å². The van der Waals surface area contributed by atoms with Crippen LogP contribution in [0, 0.1) is 11.8 Å². The van der Waals surface area contributed by atoms with Crippen molar-refractivity contribution in [2.24, 2.45) is 11.8 Å². The zero-order chi connectivity index (χ0) is 14.3. The summed E-state index contributed by atoms with van der Waals surface area (Å²) in [5, 5.41) is 3.83. The van der Waals surface area contributed by atoms with E-state index >= 15 is 0 Å². The lowest BCUT2D eigenvalue weighted by molar-refractivity contribution is 0.0503. The predicted molar refractivity (Wildman–Crippen MR) is 84.7 cm³/mol. The maximum atomic E-state index is 3.83. The Bertz CT molecular complexity index is 456. The second-order valence-corrected chi connectivity index (χ2v) is 7.34. The monoisotopic (exact) mass is 272 g/mol. The van der Waals surface area contributed by atoms with E-state index in [1.807, 2.05) is 0 Å². The Balaban J connectivity index is 1.83. The van der Waals surface area contributed by atoms with E-state index in [1.165, 1.54) is 12.0 Å². The van der Waals surface area contributed by atoms with Crippen molar-refractivity contribution in [3.8, 4) is 0 Å². The van der Waals surface area contributed by atoms with Crippen LogP contribution in [0.3, 0.4) is 0 Å². The van der Waals surface area contributed by atoms with Gasteiger partial charge in [0.25, 0.3) is 0 Å². The molecule has 1 saturated carbocycles. The van der Waals surface area contributed by atoms with Crippen LogP contribution in [-0.4, -0.2) is 30.1 Å². The Kier molecular flexibility index (Phi) is 3.64. The summed E-state index contributed by atoms with van der Waals surface area (Å²) in [5.41, 5.74) is 1.51. The van der Waals surface area contributed by atoms with Gasteiger partial charge < -0.3 is 5.32 Å². The smallest absolute Gasteiger partial charge is 0.0535 e. The Labute approximate surface area is 123 Å². The summed E-state index contributed by atoms with van der Waals surface area (Å²) in [6.07, 6.45) is 1.38. The molecule has 20 heavy (non-hydrogen) atoms. The van der Waals surface area contributed by atoms with Crippen molar-refractivity contribution in [2.75, 3.05) is 13.1 Å². The summed E-state index contributed by atoms with van der Waals surface area (Å²) in [5.74, 6) is 1.60. The molecule has 2 fully saturated rings. The van der Waals surface area contributed by atoms with Gasteiger partial charge >= 0.3 is 0 Å². The van der Waals surface area contributed by atoms with Crippen molar-refractivity contribution >= 4 is 0 Å². The summed E-state index contributed by atoms with van der Waals surface area (Å²) in [7, 11) is 0. The first-order chi connectivity index (χ1) is 9.51. The van der Waals surface area contributed by atoms with E-state index in [2.05, 4.69) is 68.2 Å². The molecular weight excluding hydrogens is 244 g/mol. The lowest BCUT2D eigenvalue weighted by Crippen LogP contribution is -2.63. The van der Waals surface area contributed by atoms with Gasteiger partial charge in [-0.25, -0.2) is 0 Å². The highest BCUT2D eigenvalue weighted by Gasteiger charge is 2.47. The molecule has 0 bridgehead atoms. The summed E-state index contributed by atoms with van der Waals surface area (Å²) >= 11 is 0. The molecule has 2 nitrogen and oxygen atoms in total. The number of hydrogen-bond acceptors (Lipinski definition) is 2. The molecule has 0 amide bonds. The first-order valence-electron chi connectivity index (χ1n) is 8.07. The molecule has 4 unspecified atom stereocenters. The minimum atomic E-state index is 0.0922. The van der Waals surface area contributed by atoms with E-state index < -0.39 is 0 Å². The molecule has 1 saturated heterocycles. The van der Waals surface area contributed by atoms with Crippen molar-refractivity contribution in [3.05, 3.63) is 35.9 Å². The van der Waals surface area contributed by atoms with Crippen molar-refractivity contribution in [1.29, 1.82) is 0 Å². The number of hydrogen-bond donors (Lipinski definition) is 1. The van der Waals surface area contributed by atoms with Gasteiger partial charge in [-0.1, -0.05) is 51.1 Å². The summed E-state index contributed by atoms with van der Waals surface area (Å²) < 4.78 is 0. The van der Waals surface area contributed by atoms with Crippen LogP contribution in [0.25, 0.3) is 0 Å². The molecule has 0 spiro atoms. The van der Waals surface area contributed by atoms with Gasteiger partial charge in [-0.15, -0.1) is 0 Å². The van der Waals surface area contributed by atoms with Crippen molar-refractivity contribution in [3.63, 3.8) is 0 Å². The molecule has 1 heterocycles. The van der Waals surface area contributed by atoms with E-state index in [0.717, 1.165) is 31.0 Å². The Morgan fingerprint density at radius 3 is 2.45 bits per heavy atom. The Morgan fingerprint density at radius 1 is 1.25 bits per heavy atom. The topological polar surface area (TPSA) is 15.3 Å². The highest BCUT2D eigenvalue weighted by atomic mass is 15.3. The van der Waals surface area contributed by atoms with Gasteiger partial charge in [0.1, 0.15) is 0 Å². The summed E-state index contributed by atoms with van der Waals surface area (Å²) in [6.45, 7) is 11.7. The van der Waals surface area contributed by atoms with Gasteiger partial charge in [-0.3, -0.25) is 4.90 Å². The first kappa shape index (κ1) is 14.1. The van der Waals surface area contributed by atoms with Crippen molar-refractivity contribution in [2.45, 2.75) is 51.7 Å². The molecule has 2 aliphatic rings. The predicted octanol–water partition coefficient (Wildman–Crippen LogP) is 3.24. The maximum Gasteiger partial charge on any atom is 0.0535 e. The SMILES string of the molecule is CC(C)C1CNC(C)(c2ccccc2)CN1C1CC1C. The zero-order valence-electron chi connectivity index (χ0n) is 13.3. The highest BCUT2D eigenvalue weighted by Crippen LogP contribution is 2.41. The zero-order valence-corrected chi connectivity index (χ0v) is 13.3. The molecule has 110 valence electrons. The third kappa shape index (κ3) is 2.51. The average molecular weight is 272 g/mol. The van der Waals surface area contributed by atoms with E-state index in [-0.39, 0.29) is 5.54 Å². The van der Waals surface area contributed by atoms with Crippen LogP contribution in [0.2, 0.25) is 0 Å². The minimum Gasteiger partial charge on any atom is -0.305 e. The van der Waals surface area contributed by atoms with Gasteiger partial charge in [-0.05, 0) is 30.7 Å². The number of benzene rings is 1. The van der Waals surface area contributed by atoms with Gasteiger partial charge in [0.2, 0.25) is 0 Å². The second kappa shape index (κ2) is 5.16. The number of nitrogens with one attached hydrogen (secondary N) is 1. The van der Waals surface area contributed by atoms with Crippen LogP contribution in [0.15, 0.2) is 30.3 Å². The van der Waals surface area contributed by atoms with Gasteiger partial charge in [0.15, 0.2) is 0 Å². The third-order valence-electron chi connectivity index (χ3n) is 5.30. The van der Waals surface area contributed by atoms with E-state index in [9.17, 15) is 0 Å². The van der Waals surface area contributed by atoms with E-state index in [1.54, 1.807) is 0 Å².